The quantitative estimate of drug-likeness (QED) is 0.846. The summed E-state index contributed by atoms with van der Waals surface area (Å²) in [6.45, 7) is 3.13. The van der Waals surface area contributed by atoms with Gasteiger partial charge in [0.1, 0.15) is 5.75 Å². The lowest BCUT2D eigenvalue weighted by atomic mass is 10.0. The molecule has 0 N–H and O–H groups in total. The van der Waals surface area contributed by atoms with Gasteiger partial charge in [-0.25, -0.2) is 0 Å². The predicted molar refractivity (Wildman–Crippen MR) is 78.9 cm³/mol. The Morgan fingerprint density at radius 1 is 1.25 bits per heavy atom. The van der Waals surface area contributed by atoms with E-state index in [1.165, 1.54) is 12.0 Å². The molecule has 1 aromatic rings. The third kappa shape index (κ3) is 2.54. The average Bonchev–Trinajstić information content (AvgIpc) is 3.28. The summed E-state index contributed by atoms with van der Waals surface area (Å²) in [5.74, 6) is 1.88. The van der Waals surface area contributed by atoms with Crippen LogP contribution in [0.2, 0.25) is 0 Å². The Balaban J connectivity index is 1.64. The summed E-state index contributed by atoms with van der Waals surface area (Å²) in [6.07, 6.45) is 4.59. The molecule has 3 unspecified atom stereocenters. The van der Waals surface area contributed by atoms with Crippen molar-refractivity contribution in [2.45, 2.75) is 44.6 Å². The van der Waals surface area contributed by atoms with E-state index in [0.29, 0.717) is 17.9 Å². The minimum Gasteiger partial charge on any atom is -0.497 e. The van der Waals surface area contributed by atoms with Crippen LogP contribution in [0.1, 0.15) is 44.1 Å². The lowest BCUT2D eigenvalue weighted by molar-refractivity contribution is -0.135. The van der Waals surface area contributed by atoms with E-state index < -0.39 is 0 Å². The predicted octanol–water partition coefficient (Wildman–Crippen LogP) is 3.20. The van der Waals surface area contributed by atoms with Crippen LogP contribution in [0, 0.1) is 5.92 Å². The van der Waals surface area contributed by atoms with Crippen molar-refractivity contribution < 1.29 is 9.53 Å². The lowest BCUT2D eigenvalue weighted by Gasteiger charge is -2.33. The molecule has 108 valence electrons. The highest BCUT2D eigenvalue weighted by atomic mass is 16.5. The third-order valence-electron chi connectivity index (χ3n) is 4.74. The first kappa shape index (κ1) is 13.5. The van der Waals surface area contributed by atoms with Crippen molar-refractivity contribution in [3.8, 4) is 5.75 Å². The zero-order valence-corrected chi connectivity index (χ0v) is 12.3. The fourth-order valence-corrected chi connectivity index (χ4v) is 3.33. The van der Waals surface area contributed by atoms with E-state index in [0.717, 1.165) is 31.6 Å². The van der Waals surface area contributed by atoms with Crippen molar-refractivity contribution in [2.24, 2.45) is 5.92 Å². The average molecular weight is 273 g/mol. The number of amides is 1. The fraction of sp³-hybridized carbons (Fsp3) is 0.588. The second-order valence-corrected chi connectivity index (χ2v) is 6.10. The molecule has 1 amide bonds. The van der Waals surface area contributed by atoms with Gasteiger partial charge in [-0.05, 0) is 56.2 Å². The molecule has 1 saturated carbocycles. The Morgan fingerprint density at radius 2 is 2.00 bits per heavy atom. The molecule has 3 rings (SSSR count). The molecular formula is C17H23NO2. The van der Waals surface area contributed by atoms with Gasteiger partial charge in [0.25, 0.3) is 0 Å². The summed E-state index contributed by atoms with van der Waals surface area (Å²) in [5, 5.41) is 0. The van der Waals surface area contributed by atoms with Crippen LogP contribution in [0.15, 0.2) is 24.3 Å². The van der Waals surface area contributed by atoms with Gasteiger partial charge >= 0.3 is 0 Å². The van der Waals surface area contributed by atoms with Gasteiger partial charge in [-0.15, -0.1) is 0 Å². The zero-order valence-electron chi connectivity index (χ0n) is 12.3. The van der Waals surface area contributed by atoms with Crippen molar-refractivity contribution in [3.63, 3.8) is 0 Å². The summed E-state index contributed by atoms with van der Waals surface area (Å²) < 4.78 is 5.18. The Morgan fingerprint density at radius 3 is 2.65 bits per heavy atom. The van der Waals surface area contributed by atoms with E-state index in [9.17, 15) is 4.79 Å². The van der Waals surface area contributed by atoms with Crippen molar-refractivity contribution in [1.29, 1.82) is 0 Å². The number of likely N-dealkylation sites (tertiary alicyclic amines) is 1. The topological polar surface area (TPSA) is 29.5 Å². The molecule has 0 spiro atoms. The number of carbonyl (C=O) groups excluding carboxylic acids is 1. The molecule has 3 heteroatoms. The largest absolute Gasteiger partial charge is 0.497 e. The summed E-state index contributed by atoms with van der Waals surface area (Å²) in [5.41, 5.74) is 1.27. The summed E-state index contributed by atoms with van der Waals surface area (Å²) in [4.78, 5) is 14.7. The van der Waals surface area contributed by atoms with Gasteiger partial charge in [-0.2, -0.15) is 0 Å². The van der Waals surface area contributed by atoms with E-state index in [2.05, 4.69) is 24.0 Å². The van der Waals surface area contributed by atoms with Gasteiger partial charge in [-0.1, -0.05) is 12.1 Å². The monoisotopic (exact) mass is 273 g/mol. The number of ether oxygens (including phenoxy) is 1. The minimum absolute atomic E-state index is 0.212. The van der Waals surface area contributed by atoms with Crippen LogP contribution in [-0.2, 0) is 4.79 Å². The van der Waals surface area contributed by atoms with Crippen LogP contribution in [0.25, 0.3) is 0 Å². The highest BCUT2D eigenvalue weighted by Gasteiger charge is 2.46. The van der Waals surface area contributed by atoms with E-state index in [1.54, 1.807) is 7.11 Å². The molecule has 1 aliphatic heterocycles. The molecule has 2 aliphatic rings. The maximum absolute atomic E-state index is 12.6. The molecule has 0 bridgehead atoms. The minimum atomic E-state index is 0.212. The first-order chi connectivity index (χ1) is 9.70. The van der Waals surface area contributed by atoms with Crippen LogP contribution in [0.4, 0.5) is 0 Å². The number of rotatable bonds is 3. The second-order valence-electron chi connectivity index (χ2n) is 6.10. The molecule has 1 heterocycles. The number of hydrogen-bond acceptors (Lipinski definition) is 2. The molecular weight excluding hydrogens is 250 g/mol. The Labute approximate surface area is 120 Å². The van der Waals surface area contributed by atoms with Gasteiger partial charge < -0.3 is 9.64 Å². The van der Waals surface area contributed by atoms with E-state index >= 15 is 0 Å². The summed E-state index contributed by atoms with van der Waals surface area (Å²) >= 11 is 0. The van der Waals surface area contributed by atoms with Crippen molar-refractivity contribution in [2.75, 3.05) is 13.7 Å². The molecule has 0 radical (unpaired) electrons. The summed E-state index contributed by atoms with van der Waals surface area (Å²) in [6, 6.07) is 8.58. The third-order valence-corrected chi connectivity index (χ3v) is 4.74. The number of benzene rings is 1. The fourth-order valence-electron chi connectivity index (χ4n) is 3.33. The number of nitrogens with zero attached hydrogens (tertiary/aromatic N) is 1. The Bertz CT molecular complexity index is 482. The maximum atomic E-state index is 12.6. The summed E-state index contributed by atoms with van der Waals surface area (Å²) in [7, 11) is 1.68. The zero-order chi connectivity index (χ0) is 14.1. The molecule has 0 aromatic heterocycles. The van der Waals surface area contributed by atoms with Gasteiger partial charge in [-0.3, -0.25) is 4.79 Å². The normalized spacial score (nSPS) is 29.1. The molecule has 1 aliphatic carbocycles. The van der Waals surface area contributed by atoms with Crippen LogP contribution in [0.5, 0.6) is 5.75 Å². The van der Waals surface area contributed by atoms with Crippen LogP contribution in [-0.4, -0.2) is 30.5 Å². The molecule has 1 aromatic carbocycles. The van der Waals surface area contributed by atoms with E-state index in [-0.39, 0.29) is 5.92 Å². The smallest absolute Gasteiger partial charge is 0.226 e. The van der Waals surface area contributed by atoms with Gasteiger partial charge in [0.2, 0.25) is 5.91 Å². The highest BCUT2D eigenvalue weighted by molar-refractivity contribution is 5.83. The van der Waals surface area contributed by atoms with Gasteiger partial charge in [0.05, 0.1) is 7.11 Å². The lowest BCUT2D eigenvalue weighted by Crippen LogP contribution is -2.43. The molecule has 2 fully saturated rings. The van der Waals surface area contributed by atoms with Gasteiger partial charge in [0.15, 0.2) is 0 Å². The molecule has 3 atom stereocenters. The first-order valence-electron chi connectivity index (χ1n) is 7.65. The van der Waals surface area contributed by atoms with Crippen molar-refractivity contribution in [1.82, 2.24) is 4.90 Å². The molecule has 3 nitrogen and oxygen atoms in total. The number of piperidine rings is 1. The standard InChI is InChI=1S/C17H23NO2/c1-12-5-3-4-10-18(12)17(19)16-11-15(16)13-6-8-14(20-2)9-7-13/h6-9,12,15-16H,3-5,10-11H2,1-2H3. The van der Waals surface area contributed by atoms with Gasteiger partial charge in [0, 0.05) is 18.5 Å². The van der Waals surface area contributed by atoms with Crippen molar-refractivity contribution >= 4 is 5.91 Å². The van der Waals surface area contributed by atoms with Crippen molar-refractivity contribution in [3.05, 3.63) is 29.8 Å². The number of hydrogen-bond donors (Lipinski definition) is 0. The first-order valence-corrected chi connectivity index (χ1v) is 7.65. The molecule has 20 heavy (non-hydrogen) atoms. The molecule has 1 saturated heterocycles. The second kappa shape index (κ2) is 5.47. The van der Waals surface area contributed by atoms with E-state index in [1.807, 2.05) is 12.1 Å². The van der Waals surface area contributed by atoms with Crippen LogP contribution >= 0.6 is 0 Å². The Kier molecular flexibility index (Phi) is 3.68. The SMILES string of the molecule is COc1ccc(C2CC2C(=O)N2CCCCC2C)cc1. The Hall–Kier alpha value is -1.51. The van der Waals surface area contributed by atoms with E-state index in [4.69, 9.17) is 4.74 Å². The number of methoxy groups -OCH3 is 1. The number of carbonyl (C=O) groups is 1. The van der Waals surface area contributed by atoms with Crippen LogP contribution < -0.4 is 4.74 Å². The highest BCUT2D eigenvalue weighted by Crippen LogP contribution is 2.49. The van der Waals surface area contributed by atoms with Crippen LogP contribution in [0.3, 0.4) is 0 Å². The maximum Gasteiger partial charge on any atom is 0.226 e.